The smallest absolute Gasteiger partial charge is 0.230 e. The van der Waals surface area contributed by atoms with E-state index in [4.69, 9.17) is 11.6 Å². The van der Waals surface area contributed by atoms with E-state index in [0.717, 1.165) is 12.0 Å². The molecule has 1 heterocycles. The number of halogens is 1. The van der Waals surface area contributed by atoms with Crippen molar-refractivity contribution in [3.63, 3.8) is 0 Å². The molecule has 1 aromatic heterocycles. The predicted octanol–water partition coefficient (Wildman–Crippen LogP) is 2.21. The van der Waals surface area contributed by atoms with E-state index >= 15 is 0 Å². The maximum Gasteiger partial charge on any atom is 0.230 e. The van der Waals surface area contributed by atoms with Gasteiger partial charge in [0, 0.05) is 18.0 Å². The minimum Gasteiger partial charge on any atom is -0.303 e. The molecule has 1 fully saturated rings. The van der Waals surface area contributed by atoms with Crippen LogP contribution < -0.4 is 5.32 Å². The van der Waals surface area contributed by atoms with Crippen LogP contribution in [0.1, 0.15) is 17.9 Å². The van der Waals surface area contributed by atoms with Crippen LogP contribution in [0.2, 0.25) is 5.02 Å². The highest BCUT2D eigenvalue weighted by Gasteiger charge is 2.44. The minimum absolute atomic E-state index is 0.00448. The van der Waals surface area contributed by atoms with Crippen LogP contribution in [0, 0.1) is 5.92 Å². The van der Waals surface area contributed by atoms with Gasteiger partial charge in [0.25, 0.3) is 0 Å². The first-order valence-electron chi connectivity index (χ1n) is 6.05. The average Bonchev–Trinajstić information content (AvgIpc) is 3.09. The van der Waals surface area contributed by atoms with Gasteiger partial charge in [0.2, 0.25) is 11.9 Å². The lowest BCUT2D eigenvalue weighted by molar-refractivity contribution is -0.117. The summed E-state index contributed by atoms with van der Waals surface area (Å²) in [7, 11) is 1.79. The SMILES string of the molecule is Cn1cnnc1NC(=O)[C@H]1C[C@@H]1c1cccc(Cl)c1. The highest BCUT2D eigenvalue weighted by molar-refractivity contribution is 6.30. The second-order valence-corrected chi connectivity index (χ2v) is 5.19. The van der Waals surface area contributed by atoms with E-state index in [9.17, 15) is 4.79 Å². The standard InChI is InChI=1S/C13H13ClN4O/c1-18-7-15-17-13(18)16-12(19)11-6-10(11)8-3-2-4-9(14)5-8/h2-5,7,10-11H,6H2,1H3,(H,16,17,19)/t10-,11+/m1/s1. The zero-order valence-electron chi connectivity index (χ0n) is 10.4. The van der Waals surface area contributed by atoms with Crippen molar-refractivity contribution >= 4 is 23.5 Å². The lowest BCUT2D eigenvalue weighted by Crippen LogP contribution is -2.17. The number of hydrogen-bond donors (Lipinski definition) is 1. The first-order chi connectivity index (χ1) is 9.15. The summed E-state index contributed by atoms with van der Waals surface area (Å²) in [5.41, 5.74) is 1.12. The third-order valence-electron chi connectivity index (χ3n) is 3.35. The normalized spacial score (nSPS) is 21.2. The molecule has 0 saturated heterocycles. The first kappa shape index (κ1) is 12.2. The first-order valence-corrected chi connectivity index (χ1v) is 6.43. The van der Waals surface area contributed by atoms with Crippen molar-refractivity contribution < 1.29 is 4.79 Å². The highest BCUT2D eigenvalue weighted by atomic mass is 35.5. The van der Waals surface area contributed by atoms with Gasteiger partial charge in [-0.25, -0.2) is 0 Å². The molecule has 1 amide bonds. The van der Waals surface area contributed by atoms with Crippen LogP contribution in [0.4, 0.5) is 5.95 Å². The van der Waals surface area contributed by atoms with Crippen LogP contribution >= 0.6 is 11.6 Å². The van der Waals surface area contributed by atoms with E-state index in [-0.39, 0.29) is 17.7 Å². The molecule has 0 spiro atoms. The van der Waals surface area contributed by atoms with Gasteiger partial charge in [-0.1, -0.05) is 23.7 Å². The van der Waals surface area contributed by atoms with Gasteiger partial charge < -0.3 is 4.57 Å². The molecule has 1 N–H and O–H groups in total. The van der Waals surface area contributed by atoms with Gasteiger partial charge in [0.1, 0.15) is 6.33 Å². The van der Waals surface area contributed by atoms with Gasteiger partial charge in [-0.3, -0.25) is 10.1 Å². The fourth-order valence-electron chi connectivity index (χ4n) is 2.19. The Morgan fingerprint density at radius 2 is 2.37 bits per heavy atom. The quantitative estimate of drug-likeness (QED) is 0.935. The summed E-state index contributed by atoms with van der Waals surface area (Å²) < 4.78 is 1.68. The Hall–Kier alpha value is -1.88. The molecule has 1 aromatic carbocycles. The molecule has 1 aliphatic carbocycles. The van der Waals surface area contributed by atoms with Crippen LogP contribution in [0.15, 0.2) is 30.6 Å². The zero-order valence-corrected chi connectivity index (χ0v) is 11.1. The largest absolute Gasteiger partial charge is 0.303 e. The molecule has 6 heteroatoms. The number of carbonyl (C=O) groups excluding carboxylic acids is 1. The number of benzene rings is 1. The van der Waals surface area contributed by atoms with E-state index in [1.54, 1.807) is 17.9 Å². The van der Waals surface area contributed by atoms with Crippen molar-refractivity contribution in [2.24, 2.45) is 13.0 Å². The number of amides is 1. The van der Waals surface area contributed by atoms with Gasteiger partial charge >= 0.3 is 0 Å². The monoisotopic (exact) mass is 276 g/mol. The Morgan fingerprint density at radius 1 is 1.53 bits per heavy atom. The summed E-state index contributed by atoms with van der Waals surface area (Å²) in [5.74, 6) is 0.713. The Balaban J connectivity index is 1.66. The van der Waals surface area contributed by atoms with Crippen LogP contribution in [0.25, 0.3) is 0 Å². The number of hydrogen-bond acceptors (Lipinski definition) is 3. The highest BCUT2D eigenvalue weighted by Crippen LogP contribution is 2.48. The van der Waals surface area contributed by atoms with Crippen molar-refractivity contribution in [1.29, 1.82) is 0 Å². The summed E-state index contributed by atoms with van der Waals surface area (Å²) in [6.07, 6.45) is 2.40. The Bertz CT molecular complexity index is 625. The number of carbonyl (C=O) groups is 1. The molecule has 3 rings (SSSR count). The van der Waals surface area contributed by atoms with Gasteiger partial charge in [-0.2, -0.15) is 0 Å². The summed E-state index contributed by atoms with van der Waals surface area (Å²) in [4.78, 5) is 12.1. The zero-order chi connectivity index (χ0) is 13.4. The third-order valence-corrected chi connectivity index (χ3v) is 3.59. The topological polar surface area (TPSA) is 59.8 Å². The number of nitrogens with zero attached hydrogens (tertiary/aromatic N) is 3. The number of nitrogens with one attached hydrogen (secondary N) is 1. The van der Waals surface area contributed by atoms with Crippen LogP contribution in [-0.2, 0) is 11.8 Å². The van der Waals surface area contributed by atoms with Gasteiger partial charge in [0.15, 0.2) is 0 Å². The molecule has 1 aliphatic rings. The maximum atomic E-state index is 12.1. The van der Waals surface area contributed by atoms with Crippen molar-refractivity contribution in [2.75, 3.05) is 5.32 Å². The number of rotatable bonds is 3. The van der Waals surface area contributed by atoms with Crippen molar-refractivity contribution in [2.45, 2.75) is 12.3 Å². The molecule has 5 nitrogen and oxygen atoms in total. The summed E-state index contributed by atoms with van der Waals surface area (Å²) in [5, 5.41) is 11.1. The van der Waals surface area contributed by atoms with E-state index in [1.807, 2.05) is 24.3 Å². The molecular weight excluding hydrogens is 264 g/mol. The van der Waals surface area contributed by atoms with Crippen molar-refractivity contribution in [3.05, 3.63) is 41.2 Å². The lowest BCUT2D eigenvalue weighted by atomic mass is 10.1. The van der Waals surface area contributed by atoms with E-state index in [0.29, 0.717) is 11.0 Å². The van der Waals surface area contributed by atoms with E-state index < -0.39 is 0 Å². The predicted molar refractivity (Wildman–Crippen MR) is 71.9 cm³/mol. The maximum absolute atomic E-state index is 12.1. The number of anilines is 1. The fraction of sp³-hybridized carbons (Fsp3) is 0.308. The molecule has 2 atom stereocenters. The van der Waals surface area contributed by atoms with Gasteiger partial charge in [-0.05, 0) is 30.0 Å². The number of aryl methyl sites for hydroxylation is 1. The Kier molecular flexibility index (Phi) is 2.98. The lowest BCUT2D eigenvalue weighted by Gasteiger charge is -2.04. The van der Waals surface area contributed by atoms with Gasteiger partial charge in [0.05, 0.1) is 0 Å². The second-order valence-electron chi connectivity index (χ2n) is 4.76. The minimum atomic E-state index is -0.0129. The molecule has 0 unspecified atom stereocenters. The molecule has 1 saturated carbocycles. The average molecular weight is 277 g/mol. The summed E-state index contributed by atoms with van der Waals surface area (Å²) in [6, 6.07) is 7.67. The molecule has 0 aliphatic heterocycles. The molecular formula is C13H13ClN4O. The fourth-order valence-corrected chi connectivity index (χ4v) is 2.39. The van der Waals surface area contributed by atoms with Crippen LogP contribution in [0.5, 0.6) is 0 Å². The third kappa shape index (κ3) is 2.46. The molecule has 98 valence electrons. The number of aromatic nitrogens is 3. The van der Waals surface area contributed by atoms with Crippen LogP contribution in [-0.4, -0.2) is 20.7 Å². The Labute approximate surface area is 115 Å². The van der Waals surface area contributed by atoms with Crippen LogP contribution in [0.3, 0.4) is 0 Å². The molecule has 0 bridgehead atoms. The van der Waals surface area contributed by atoms with Gasteiger partial charge in [-0.15, -0.1) is 10.2 Å². The second kappa shape index (κ2) is 4.66. The van der Waals surface area contributed by atoms with Crippen molar-refractivity contribution in [3.8, 4) is 0 Å². The van der Waals surface area contributed by atoms with E-state index in [2.05, 4.69) is 15.5 Å². The summed E-state index contributed by atoms with van der Waals surface area (Å²) in [6.45, 7) is 0. The van der Waals surface area contributed by atoms with Crippen molar-refractivity contribution in [1.82, 2.24) is 14.8 Å². The summed E-state index contributed by atoms with van der Waals surface area (Å²) >= 11 is 5.96. The molecule has 2 aromatic rings. The molecule has 0 radical (unpaired) electrons. The Morgan fingerprint density at radius 3 is 3.05 bits per heavy atom. The van der Waals surface area contributed by atoms with E-state index in [1.165, 1.54) is 0 Å². The molecule has 19 heavy (non-hydrogen) atoms.